The number of carbonyl (C=O) groups excluding carboxylic acids is 1. The number of hydrogen-bond acceptors (Lipinski definition) is 2. The Balaban J connectivity index is 2.73. The molecule has 4 nitrogen and oxygen atoms in total. The van der Waals surface area contributed by atoms with Crippen LogP contribution in [0.2, 0.25) is 0 Å². The highest BCUT2D eigenvalue weighted by molar-refractivity contribution is 7.80. The van der Waals surface area contributed by atoms with Gasteiger partial charge < -0.3 is 16.0 Å². The van der Waals surface area contributed by atoms with Gasteiger partial charge >= 0.3 is 0 Å². The van der Waals surface area contributed by atoms with Gasteiger partial charge in [0, 0.05) is 5.69 Å². The summed E-state index contributed by atoms with van der Waals surface area (Å²) in [5, 5.41) is 8.33. The molecule has 0 heterocycles. The number of carbonyl (C=O) groups is 1. The summed E-state index contributed by atoms with van der Waals surface area (Å²) in [7, 11) is 0. The van der Waals surface area contributed by atoms with Crippen LogP contribution in [0.25, 0.3) is 0 Å². The molecule has 0 aliphatic carbocycles. The summed E-state index contributed by atoms with van der Waals surface area (Å²) >= 11 is 28.0. The molecule has 0 saturated heterocycles. The van der Waals surface area contributed by atoms with Crippen molar-refractivity contribution < 1.29 is 4.79 Å². The second-order valence-electron chi connectivity index (χ2n) is 4.09. The van der Waals surface area contributed by atoms with Crippen LogP contribution in [0.15, 0.2) is 24.3 Å². The molecule has 0 radical (unpaired) electrons. The van der Waals surface area contributed by atoms with Gasteiger partial charge in [0.2, 0.25) is 9.70 Å². The Kier molecular flexibility index (Phi) is 7.30. The van der Waals surface area contributed by atoms with Crippen LogP contribution in [0.3, 0.4) is 0 Å². The summed E-state index contributed by atoms with van der Waals surface area (Å²) in [6.07, 6.45) is -1.02. The number of halogens is 4. The number of benzene rings is 1. The second kappa shape index (κ2) is 8.25. The second-order valence-corrected chi connectivity index (χ2v) is 7.13. The molecule has 0 fully saturated rings. The molecule has 1 aromatic rings. The van der Waals surface area contributed by atoms with E-state index in [-0.39, 0.29) is 11.0 Å². The lowest BCUT2D eigenvalue weighted by molar-refractivity contribution is -0.119. The van der Waals surface area contributed by atoms with Crippen molar-refractivity contribution in [2.45, 2.75) is 16.9 Å². The number of nitrogens with one attached hydrogen (secondary N) is 3. The van der Waals surface area contributed by atoms with Crippen LogP contribution in [0.1, 0.15) is 5.56 Å². The number of alkyl halides is 4. The Hall–Kier alpha value is -0.460. The summed E-state index contributed by atoms with van der Waals surface area (Å²) in [4.78, 5) is 11.3. The van der Waals surface area contributed by atoms with Crippen LogP contribution in [-0.2, 0) is 4.79 Å². The van der Waals surface area contributed by atoms with Gasteiger partial charge in [-0.3, -0.25) is 4.79 Å². The first-order chi connectivity index (χ1) is 9.74. The van der Waals surface area contributed by atoms with Gasteiger partial charge in [-0.15, -0.1) is 11.6 Å². The Morgan fingerprint density at radius 1 is 1.29 bits per heavy atom. The molecule has 0 bridgehead atoms. The van der Waals surface area contributed by atoms with Gasteiger partial charge in [0.25, 0.3) is 0 Å². The van der Waals surface area contributed by atoms with E-state index in [9.17, 15) is 4.79 Å². The fourth-order valence-corrected chi connectivity index (χ4v) is 2.03. The third-order valence-corrected chi connectivity index (χ3v) is 3.54. The third kappa shape index (κ3) is 6.45. The van der Waals surface area contributed by atoms with E-state index in [0.29, 0.717) is 0 Å². The van der Waals surface area contributed by atoms with Crippen LogP contribution >= 0.6 is 58.6 Å². The molecule has 3 N–H and O–H groups in total. The van der Waals surface area contributed by atoms with Gasteiger partial charge in [-0.25, -0.2) is 0 Å². The lowest BCUT2D eigenvalue weighted by Crippen LogP contribution is -2.56. The molecule has 1 aromatic carbocycles. The number of aryl methyl sites for hydroxylation is 1. The average molecular weight is 389 g/mol. The topological polar surface area (TPSA) is 53.2 Å². The lowest BCUT2D eigenvalue weighted by atomic mass is 10.2. The molecule has 0 unspecified atom stereocenters. The van der Waals surface area contributed by atoms with E-state index in [1.54, 1.807) is 0 Å². The smallest absolute Gasteiger partial charge is 0.236 e. The SMILES string of the molecule is Cc1ccccc1NC(=S)N[C@H](NC(=O)CCl)C(Cl)(Cl)Cl. The van der Waals surface area contributed by atoms with Crippen molar-refractivity contribution in [1.82, 2.24) is 10.6 Å². The summed E-state index contributed by atoms with van der Waals surface area (Å²) < 4.78 is -1.79. The third-order valence-electron chi connectivity index (χ3n) is 2.42. The van der Waals surface area contributed by atoms with Gasteiger partial charge in [0.05, 0.1) is 0 Å². The van der Waals surface area contributed by atoms with Crippen LogP contribution in [0.4, 0.5) is 5.69 Å². The van der Waals surface area contributed by atoms with Gasteiger partial charge in [-0.2, -0.15) is 0 Å². The van der Waals surface area contributed by atoms with Gasteiger partial charge in [0.15, 0.2) is 5.11 Å². The molecule has 21 heavy (non-hydrogen) atoms. The molecule has 0 saturated carbocycles. The van der Waals surface area contributed by atoms with Gasteiger partial charge in [0.1, 0.15) is 12.0 Å². The fourth-order valence-electron chi connectivity index (χ4n) is 1.40. The average Bonchev–Trinajstić information content (AvgIpc) is 2.39. The molecule has 9 heteroatoms. The highest BCUT2D eigenvalue weighted by atomic mass is 35.6. The van der Waals surface area contributed by atoms with Gasteiger partial charge in [-0.1, -0.05) is 53.0 Å². The zero-order valence-corrected chi connectivity index (χ0v) is 14.8. The Morgan fingerprint density at radius 3 is 2.43 bits per heavy atom. The van der Waals surface area contributed by atoms with Crippen LogP contribution in [0, 0.1) is 6.92 Å². The van der Waals surface area contributed by atoms with Gasteiger partial charge in [-0.05, 0) is 30.8 Å². The minimum Gasteiger partial charge on any atom is -0.339 e. The summed E-state index contributed by atoms with van der Waals surface area (Å²) in [5.41, 5.74) is 1.80. The Bertz CT molecular complexity index is 521. The zero-order valence-electron chi connectivity index (χ0n) is 10.9. The van der Waals surface area contributed by atoms with E-state index in [4.69, 9.17) is 58.6 Å². The molecule has 1 atom stereocenters. The lowest BCUT2D eigenvalue weighted by Gasteiger charge is -2.27. The highest BCUT2D eigenvalue weighted by Crippen LogP contribution is 2.29. The molecule has 1 amide bonds. The molecule has 1 rings (SSSR count). The number of para-hydroxylation sites is 1. The quantitative estimate of drug-likeness (QED) is 0.420. The monoisotopic (exact) mass is 387 g/mol. The van der Waals surface area contributed by atoms with Crippen molar-refractivity contribution in [2.75, 3.05) is 11.2 Å². The molecular weight excluding hydrogens is 376 g/mol. The van der Waals surface area contributed by atoms with Crippen molar-refractivity contribution in [3.05, 3.63) is 29.8 Å². The first-order valence-electron chi connectivity index (χ1n) is 5.79. The van der Waals surface area contributed by atoms with E-state index in [0.717, 1.165) is 11.3 Å². The molecule has 0 aliphatic heterocycles. The molecular formula is C12H13Cl4N3OS. The van der Waals surface area contributed by atoms with Crippen LogP contribution in [-0.4, -0.2) is 26.9 Å². The van der Waals surface area contributed by atoms with Crippen molar-refractivity contribution in [3.63, 3.8) is 0 Å². The van der Waals surface area contributed by atoms with Crippen LogP contribution in [0.5, 0.6) is 0 Å². The van der Waals surface area contributed by atoms with E-state index in [1.165, 1.54) is 0 Å². The molecule has 0 aromatic heterocycles. The largest absolute Gasteiger partial charge is 0.339 e. The Morgan fingerprint density at radius 2 is 1.90 bits per heavy atom. The first kappa shape index (κ1) is 18.6. The number of thiocarbonyl (C=S) groups is 1. The number of hydrogen-bond donors (Lipinski definition) is 3. The summed E-state index contributed by atoms with van der Waals surface area (Å²) in [6.45, 7) is 1.92. The predicted octanol–water partition coefficient (Wildman–Crippen LogP) is 3.33. The fraction of sp³-hybridized carbons (Fsp3) is 0.333. The van der Waals surface area contributed by atoms with E-state index >= 15 is 0 Å². The normalized spacial score (nSPS) is 12.4. The minimum atomic E-state index is -1.79. The number of rotatable bonds is 4. The number of anilines is 1. The van der Waals surface area contributed by atoms with Crippen molar-refractivity contribution in [3.8, 4) is 0 Å². The Labute approximate surface area is 148 Å². The van der Waals surface area contributed by atoms with E-state index < -0.39 is 15.9 Å². The van der Waals surface area contributed by atoms with E-state index in [1.807, 2.05) is 31.2 Å². The summed E-state index contributed by atoms with van der Waals surface area (Å²) in [5.74, 6) is -0.740. The zero-order chi connectivity index (χ0) is 16.0. The van der Waals surface area contributed by atoms with E-state index in [2.05, 4.69) is 16.0 Å². The maximum Gasteiger partial charge on any atom is 0.236 e. The van der Waals surface area contributed by atoms with Crippen molar-refractivity contribution >= 4 is 75.3 Å². The molecule has 116 valence electrons. The van der Waals surface area contributed by atoms with Crippen molar-refractivity contribution in [1.29, 1.82) is 0 Å². The first-order valence-corrected chi connectivity index (χ1v) is 7.87. The van der Waals surface area contributed by atoms with Crippen molar-refractivity contribution in [2.24, 2.45) is 0 Å². The molecule has 0 spiro atoms. The molecule has 0 aliphatic rings. The summed E-state index contributed by atoms with van der Waals surface area (Å²) in [6, 6.07) is 7.54. The highest BCUT2D eigenvalue weighted by Gasteiger charge is 2.34. The minimum absolute atomic E-state index is 0.204. The van der Waals surface area contributed by atoms with Crippen LogP contribution < -0.4 is 16.0 Å². The standard InChI is InChI=1S/C12H13Cl4N3OS/c1-7-4-2-3-5-8(7)17-11(21)19-10(12(14,15)16)18-9(20)6-13/h2-5,10H,6H2,1H3,(H,18,20)(H2,17,19,21)/t10-/m0/s1. The predicted molar refractivity (Wildman–Crippen MR) is 93.5 cm³/mol. The maximum atomic E-state index is 11.3. The number of amides is 1. The maximum absolute atomic E-state index is 11.3.